The molecule has 0 N–H and O–H groups in total. The van der Waals surface area contributed by atoms with Crippen LogP contribution >= 0.6 is 38.6 Å². The van der Waals surface area contributed by atoms with Crippen LogP contribution in [0.3, 0.4) is 0 Å². The maximum Gasteiger partial charge on any atom is 0.213 e. The fraction of sp³-hybridized carbons (Fsp3) is 0.250. The minimum Gasteiger partial charge on any atom is -0.287 e. The summed E-state index contributed by atoms with van der Waals surface area (Å²) in [7, 11) is 0. The molecule has 0 radical (unpaired) electrons. The maximum absolute atomic E-state index is 12.2. The van der Waals surface area contributed by atoms with Crippen molar-refractivity contribution in [2.75, 3.05) is 0 Å². The second-order valence-corrected chi connectivity index (χ2v) is 7.39. The first kappa shape index (κ1) is 12.0. The molecule has 0 aromatic carbocycles. The van der Waals surface area contributed by atoms with E-state index in [1.807, 2.05) is 26.8 Å². The fourth-order valence-electron chi connectivity index (χ4n) is 1.55. The van der Waals surface area contributed by atoms with Gasteiger partial charge in [-0.1, -0.05) is 0 Å². The predicted molar refractivity (Wildman–Crippen MR) is 74.0 cm³/mol. The zero-order valence-corrected chi connectivity index (χ0v) is 12.5. The Hall–Kier alpha value is -0.450. The molecule has 0 amide bonds. The van der Waals surface area contributed by atoms with Crippen molar-refractivity contribution in [3.8, 4) is 0 Å². The van der Waals surface area contributed by atoms with Crippen molar-refractivity contribution in [2.24, 2.45) is 0 Å². The fourth-order valence-corrected chi connectivity index (χ4v) is 4.08. The van der Waals surface area contributed by atoms with Gasteiger partial charge in [0.05, 0.1) is 13.5 Å². The van der Waals surface area contributed by atoms with Gasteiger partial charge in [-0.2, -0.15) is 0 Å². The number of thiophene rings is 2. The van der Waals surface area contributed by atoms with Gasteiger partial charge in [0.1, 0.15) is 0 Å². The minimum atomic E-state index is 0.148. The zero-order chi connectivity index (χ0) is 11.9. The zero-order valence-electron chi connectivity index (χ0n) is 9.26. The summed E-state index contributed by atoms with van der Waals surface area (Å²) in [5.41, 5.74) is 2.20. The van der Waals surface area contributed by atoms with Crippen LogP contribution in [0.5, 0.6) is 0 Å². The monoisotopic (exact) mass is 314 g/mol. The van der Waals surface area contributed by atoms with Crippen molar-refractivity contribution >= 4 is 44.4 Å². The summed E-state index contributed by atoms with van der Waals surface area (Å²) in [4.78, 5) is 15.1. The third kappa shape index (κ3) is 2.14. The van der Waals surface area contributed by atoms with Crippen molar-refractivity contribution < 1.29 is 4.79 Å². The van der Waals surface area contributed by atoms with Crippen LogP contribution in [-0.4, -0.2) is 5.78 Å². The Labute approximate surface area is 111 Å². The number of hydrogen-bond donors (Lipinski definition) is 0. The molecular formula is C12H11BrOS2. The largest absolute Gasteiger partial charge is 0.287 e. The van der Waals surface area contributed by atoms with Crippen molar-refractivity contribution in [3.63, 3.8) is 0 Å². The molecule has 2 aromatic heterocycles. The van der Waals surface area contributed by atoms with Gasteiger partial charge in [0.15, 0.2) is 0 Å². The molecule has 0 fully saturated rings. The Morgan fingerprint density at radius 2 is 1.81 bits per heavy atom. The Balaban J connectivity index is 2.42. The van der Waals surface area contributed by atoms with E-state index in [1.165, 1.54) is 16.2 Å². The Morgan fingerprint density at radius 3 is 2.25 bits per heavy atom. The van der Waals surface area contributed by atoms with Crippen LogP contribution in [0, 0.1) is 20.8 Å². The quantitative estimate of drug-likeness (QED) is 0.732. The van der Waals surface area contributed by atoms with E-state index >= 15 is 0 Å². The van der Waals surface area contributed by atoms with Gasteiger partial charge in [-0.05, 0) is 60.0 Å². The number of halogens is 1. The third-order valence-corrected chi connectivity index (χ3v) is 5.61. The highest BCUT2D eigenvalue weighted by molar-refractivity contribution is 9.11. The molecule has 0 aliphatic rings. The molecule has 0 atom stereocenters. The van der Waals surface area contributed by atoms with Gasteiger partial charge in [-0.3, -0.25) is 4.79 Å². The van der Waals surface area contributed by atoms with E-state index in [9.17, 15) is 4.79 Å². The number of ketones is 1. The van der Waals surface area contributed by atoms with Crippen LogP contribution in [0.25, 0.3) is 0 Å². The summed E-state index contributed by atoms with van der Waals surface area (Å²) in [5, 5.41) is 0. The first-order chi connectivity index (χ1) is 7.49. The van der Waals surface area contributed by atoms with Gasteiger partial charge in [0, 0.05) is 4.88 Å². The SMILES string of the molecule is Cc1cc(C)c(C(=O)c2cc(C)c(Br)s2)s1. The molecule has 1 nitrogen and oxygen atoms in total. The molecule has 84 valence electrons. The van der Waals surface area contributed by atoms with Crippen LogP contribution in [0.1, 0.15) is 30.6 Å². The Morgan fingerprint density at radius 1 is 1.12 bits per heavy atom. The van der Waals surface area contributed by atoms with E-state index in [1.54, 1.807) is 11.3 Å². The first-order valence-corrected chi connectivity index (χ1v) is 7.29. The van der Waals surface area contributed by atoms with E-state index in [0.29, 0.717) is 0 Å². The summed E-state index contributed by atoms with van der Waals surface area (Å²) < 4.78 is 1.04. The minimum absolute atomic E-state index is 0.148. The topological polar surface area (TPSA) is 17.1 Å². The van der Waals surface area contributed by atoms with Crippen LogP contribution < -0.4 is 0 Å². The number of hydrogen-bond acceptors (Lipinski definition) is 3. The van der Waals surface area contributed by atoms with Gasteiger partial charge in [-0.25, -0.2) is 0 Å². The van der Waals surface area contributed by atoms with E-state index in [0.717, 1.165) is 24.7 Å². The highest BCUT2D eigenvalue weighted by atomic mass is 79.9. The van der Waals surface area contributed by atoms with Gasteiger partial charge in [0.25, 0.3) is 0 Å². The molecule has 2 heterocycles. The van der Waals surface area contributed by atoms with Crippen molar-refractivity contribution in [1.29, 1.82) is 0 Å². The third-order valence-electron chi connectivity index (χ3n) is 2.33. The predicted octanol–water partition coefficient (Wildman–Crippen LogP) is 4.73. The summed E-state index contributed by atoms with van der Waals surface area (Å²) in [6.07, 6.45) is 0. The number of carbonyl (C=O) groups excluding carboxylic acids is 1. The second kappa shape index (κ2) is 4.43. The van der Waals surface area contributed by atoms with Crippen LogP contribution in [0.4, 0.5) is 0 Å². The van der Waals surface area contributed by atoms with Crippen LogP contribution in [-0.2, 0) is 0 Å². The highest BCUT2D eigenvalue weighted by Gasteiger charge is 2.17. The lowest BCUT2D eigenvalue weighted by molar-refractivity contribution is 0.104. The molecule has 0 saturated carbocycles. The van der Waals surface area contributed by atoms with Crippen LogP contribution in [0.15, 0.2) is 15.9 Å². The Bertz CT molecular complexity index is 532. The lowest BCUT2D eigenvalue weighted by atomic mass is 10.2. The van der Waals surface area contributed by atoms with Gasteiger partial charge in [0.2, 0.25) is 5.78 Å². The summed E-state index contributed by atoms with van der Waals surface area (Å²) >= 11 is 6.53. The second-order valence-electron chi connectivity index (χ2n) is 3.77. The van der Waals surface area contributed by atoms with E-state index in [2.05, 4.69) is 22.0 Å². The van der Waals surface area contributed by atoms with Crippen LogP contribution in [0.2, 0.25) is 0 Å². The molecule has 2 rings (SSSR count). The average molecular weight is 315 g/mol. The lowest BCUT2D eigenvalue weighted by Crippen LogP contribution is -1.96. The smallest absolute Gasteiger partial charge is 0.213 e. The molecule has 0 spiro atoms. The molecule has 4 heteroatoms. The molecule has 0 bridgehead atoms. The van der Waals surface area contributed by atoms with Gasteiger partial charge >= 0.3 is 0 Å². The van der Waals surface area contributed by atoms with Crippen molar-refractivity contribution in [3.05, 3.63) is 41.7 Å². The number of rotatable bonds is 2. The molecule has 0 saturated heterocycles. The highest BCUT2D eigenvalue weighted by Crippen LogP contribution is 2.31. The lowest BCUT2D eigenvalue weighted by Gasteiger charge is -1.94. The molecule has 2 aromatic rings. The standard InChI is InChI=1S/C12H11BrOS2/c1-6-4-8(3)15-11(6)10(14)9-5-7(2)12(13)16-9/h4-5H,1-3H3. The molecule has 0 unspecified atom stereocenters. The van der Waals surface area contributed by atoms with Crippen molar-refractivity contribution in [1.82, 2.24) is 0 Å². The maximum atomic E-state index is 12.2. The normalized spacial score (nSPS) is 10.8. The average Bonchev–Trinajstić information content (AvgIpc) is 2.70. The molecule has 0 aliphatic carbocycles. The van der Waals surface area contributed by atoms with E-state index in [4.69, 9.17) is 0 Å². The van der Waals surface area contributed by atoms with Gasteiger partial charge < -0.3 is 0 Å². The number of aryl methyl sites for hydroxylation is 3. The van der Waals surface area contributed by atoms with Gasteiger partial charge in [-0.15, -0.1) is 22.7 Å². The summed E-state index contributed by atoms with van der Waals surface area (Å²) in [6.45, 7) is 6.03. The summed E-state index contributed by atoms with van der Waals surface area (Å²) in [5.74, 6) is 0.148. The van der Waals surface area contributed by atoms with Crippen molar-refractivity contribution in [2.45, 2.75) is 20.8 Å². The van der Waals surface area contributed by atoms with E-state index in [-0.39, 0.29) is 5.78 Å². The molecule has 0 aliphatic heterocycles. The summed E-state index contributed by atoms with van der Waals surface area (Å²) in [6, 6.07) is 4.01. The van der Waals surface area contributed by atoms with E-state index < -0.39 is 0 Å². The molecule has 16 heavy (non-hydrogen) atoms. The number of carbonyl (C=O) groups is 1. The Kier molecular flexibility index (Phi) is 3.33. The first-order valence-electron chi connectivity index (χ1n) is 4.86. The molecular weight excluding hydrogens is 304 g/mol.